The fourth-order valence-electron chi connectivity index (χ4n) is 10.8. The number of allylic oxidation sites excluding steroid dienone is 4. The number of unbranched alkanes of at least 4 members (excludes halogenated alkanes) is 49. The largest absolute Gasteiger partial charge is 0.466 e. The lowest BCUT2D eigenvalue weighted by Gasteiger charge is -2.22. The minimum atomic E-state index is -0.665. The highest BCUT2D eigenvalue weighted by atomic mass is 16.5. The van der Waals surface area contributed by atoms with Crippen LogP contribution in [0.4, 0.5) is 0 Å². The van der Waals surface area contributed by atoms with E-state index in [0.717, 1.165) is 51.4 Å². The van der Waals surface area contributed by atoms with Crippen molar-refractivity contribution in [1.82, 2.24) is 5.32 Å². The van der Waals surface area contributed by atoms with Crippen molar-refractivity contribution in [3.05, 3.63) is 24.3 Å². The van der Waals surface area contributed by atoms with Crippen LogP contribution in [0.15, 0.2) is 24.3 Å². The van der Waals surface area contributed by atoms with E-state index in [4.69, 9.17) is 4.74 Å². The van der Waals surface area contributed by atoms with Crippen LogP contribution < -0.4 is 5.32 Å². The third-order valence-electron chi connectivity index (χ3n) is 16.0. The Bertz CT molecular complexity index is 1170. The molecule has 0 saturated carbocycles. The quantitative estimate of drug-likeness (QED) is 0.0320. The first kappa shape index (κ1) is 73.3. The monoisotopic (exact) mass is 1060 g/mol. The molecule has 6 nitrogen and oxygen atoms in total. The molecule has 0 aromatic heterocycles. The van der Waals surface area contributed by atoms with E-state index in [1.165, 1.54) is 295 Å². The third kappa shape index (κ3) is 61.4. The maximum atomic E-state index is 12.5. The molecule has 2 atom stereocenters. The van der Waals surface area contributed by atoms with Crippen LogP contribution >= 0.6 is 0 Å². The minimum absolute atomic E-state index is 0.000661. The number of aliphatic hydroxyl groups is 2. The highest BCUT2D eigenvalue weighted by Crippen LogP contribution is 2.19. The summed E-state index contributed by atoms with van der Waals surface area (Å²) in [6.07, 6.45) is 80.6. The molecule has 0 rings (SSSR count). The Hall–Kier alpha value is -1.66. The molecule has 1 amide bonds. The number of hydrogen-bond acceptors (Lipinski definition) is 5. The second-order valence-electron chi connectivity index (χ2n) is 23.5. The molecule has 0 saturated heterocycles. The molecule has 0 bridgehead atoms. The van der Waals surface area contributed by atoms with E-state index in [1.807, 2.05) is 0 Å². The van der Waals surface area contributed by atoms with Crippen LogP contribution in [0.25, 0.3) is 0 Å². The van der Waals surface area contributed by atoms with Gasteiger partial charge in [0.2, 0.25) is 5.91 Å². The van der Waals surface area contributed by atoms with Crippen LogP contribution in [0.2, 0.25) is 0 Å². The Morgan fingerprint density at radius 2 is 0.667 bits per heavy atom. The molecule has 0 spiro atoms. The van der Waals surface area contributed by atoms with Crippen molar-refractivity contribution in [2.45, 2.75) is 392 Å². The Labute approximate surface area is 469 Å². The SMILES string of the molecule is CCCCCC/C=C\C/C=C\CCCCCCCC(=O)OCCCCCCCCCCCCCCCCCCCCCCCCC(=O)NC(CO)C(O)CCCCCCCCCCCCCCCCCCCCCC. The van der Waals surface area contributed by atoms with Crippen LogP contribution in [-0.4, -0.2) is 47.4 Å². The Morgan fingerprint density at radius 1 is 0.373 bits per heavy atom. The zero-order valence-corrected chi connectivity index (χ0v) is 50.8. The maximum absolute atomic E-state index is 12.5. The molecule has 0 aliphatic rings. The van der Waals surface area contributed by atoms with Crippen molar-refractivity contribution in [2.24, 2.45) is 0 Å². The second-order valence-corrected chi connectivity index (χ2v) is 23.5. The lowest BCUT2D eigenvalue weighted by atomic mass is 10.0. The van der Waals surface area contributed by atoms with E-state index >= 15 is 0 Å². The van der Waals surface area contributed by atoms with E-state index in [2.05, 4.69) is 43.5 Å². The molecule has 2 unspecified atom stereocenters. The van der Waals surface area contributed by atoms with Gasteiger partial charge < -0.3 is 20.3 Å². The van der Waals surface area contributed by atoms with Crippen LogP contribution in [0.5, 0.6) is 0 Å². The molecule has 0 radical (unpaired) electrons. The van der Waals surface area contributed by atoms with E-state index in [0.29, 0.717) is 25.9 Å². The number of hydrogen-bond donors (Lipinski definition) is 3. The summed E-state index contributed by atoms with van der Waals surface area (Å²) < 4.78 is 5.49. The molecule has 3 N–H and O–H groups in total. The number of ether oxygens (including phenoxy) is 1. The Morgan fingerprint density at radius 3 is 1.03 bits per heavy atom. The normalized spacial score (nSPS) is 12.6. The maximum Gasteiger partial charge on any atom is 0.305 e. The Kier molecular flexibility index (Phi) is 63.4. The van der Waals surface area contributed by atoms with Gasteiger partial charge in [-0.15, -0.1) is 0 Å². The number of carbonyl (C=O) groups excluding carboxylic acids is 2. The van der Waals surface area contributed by atoms with Crippen LogP contribution in [-0.2, 0) is 14.3 Å². The summed E-state index contributed by atoms with van der Waals surface area (Å²) in [5.74, 6) is -0.0307. The molecule has 75 heavy (non-hydrogen) atoms. The lowest BCUT2D eigenvalue weighted by molar-refractivity contribution is -0.143. The molecule has 444 valence electrons. The van der Waals surface area contributed by atoms with Gasteiger partial charge in [-0.1, -0.05) is 334 Å². The molecular formula is C69H133NO5. The van der Waals surface area contributed by atoms with Gasteiger partial charge in [0.05, 0.1) is 25.4 Å². The van der Waals surface area contributed by atoms with E-state index in [9.17, 15) is 19.8 Å². The summed E-state index contributed by atoms with van der Waals surface area (Å²) in [4.78, 5) is 24.6. The van der Waals surface area contributed by atoms with Crippen molar-refractivity contribution in [3.8, 4) is 0 Å². The number of rotatable bonds is 64. The van der Waals surface area contributed by atoms with Gasteiger partial charge in [0.15, 0.2) is 0 Å². The van der Waals surface area contributed by atoms with Crippen molar-refractivity contribution in [2.75, 3.05) is 13.2 Å². The zero-order valence-electron chi connectivity index (χ0n) is 50.8. The molecule has 0 heterocycles. The molecule has 6 heteroatoms. The lowest BCUT2D eigenvalue weighted by Crippen LogP contribution is -2.45. The Balaban J connectivity index is 3.38. The predicted molar refractivity (Wildman–Crippen MR) is 329 cm³/mol. The van der Waals surface area contributed by atoms with Crippen LogP contribution in [0.3, 0.4) is 0 Å². The van der Waals surface area contributed by atoms with Gasteiger partial charge in [0.1, 0.15) is 0 Å². The van der Waals surface area contributed by atoms with Gasteiger partial charge in [-0.2, -0.15) is 0 Å². The summed E-state index contributed by atoms with van der Waals surface area (Å²) in [6, 6.07) is -0.543. The van der Waals surface area contributed by atoms with Gasteiger partial charge in [0.25, 0.3) is 0 Å². The average molecular weight is 1060 g/mol. The van der Waals surface area contributed by atoms with Crippen molar-refractivity contribution in [3.63, 3.8) is 0 Å². The zero-order chi connectivity index (χ0) is 54.3. The van der Waals surface area contributed by atoms with Gasteiger partial charge in [-0.25, -0.2) is 0 Å². The van der Waals surface area contributed by atoms with Crippen molar-refractivity contribution in [1.29, 1.82) is 0 Å². The highest BCUT2D eigenvalue weighted by molar-refractivity contribution is 5.76. The number of aliphatic hydroxyl groups excluding tert-OH is 2. The predicted octanol–water partition coefficient (Wildman–Crippen LogP) is 21.8. The second kappa shape index (κ2) is 64.9. The number of amides is 1. The van der Waals surface area contributed by atoms with Gasteiger partial charge in [0, 0.05) is 12.8 Å². The summed E-state index contributed by atoms with van der Waals surface area (Å²) in [5.41, 5.74) is 0. The van der Waals surface area contributed by atoms with Gasteiger partial charge >= 0.3 is 5.97 Å². The summed E-state index contributed by atoms with van der Waals surface area (Å²) in [7, 11) is 0. The smallest absolute Gasteiger partial charge is 0.305 e. The average Bonchev–Trinajstić information content (AvgIpc) is 3.41. The van der Waals surface area contributed by atoms with E-state index in [-0.39, 0.29) is 18.5 Å². The standard InChI is InChI=1S/C69H133NO5/c1-3-5-7-9-11-13-15-17-19-21-22-27-30-33-37-41-45-49-53-57-61-67(72)66(65-71)70-68(73)62-58-54-50-46-42-38-34-31-28-25-23-24-26-29-32-36-40-44-48-52-56-60-64-75-69(74)63-59-55-51-47-43-39-35-20-18-16-14-12-10-8-6-4-2/h14,16,20,35,66-67,71-72H,3-13,15,17-19,21-34,36-65H2,1-2H3,(H,70,73)/b16-14-,35-20-. The van der Waals surface area contributed by atoms with Gasteiger partial charge in [-0.05, 0) is 57.8 Å². The first-order valence-electron chi connectivity index (χ1n) is 34.1. The first-order valence-corrected chi connectivity index (χ1v) is 34.1. The van der Waals surface area contributed by atoms with E-state index < -0.39 is 12.1 Å². The first-order chi connectivity index (χ1) is 37.0. The fraction of sp³-hybridized carbons (Fsp3) is 0.913. The topological polar surface area (TPSA) is 95.9 Å². The highest BCUT2D eigenvalue weighted by Gasteiger charge is 2.20. The molecule has 0 aromatic carbocycles. The molecular weight excluding hydrogens is 923 g/mol. The molecule has 0 aliphatic carbocycles. The summed E-state index contributed by atoms with van der Waals surface area (Å²) in [5, 5.41) is 23.4. The number of carbonyl (C=O) groups is 2. The number of nitrogens with one attached hydrogen (secondary N) is 1. The van der Waals surface area contributed by atoms with E-state index in [1.54, 1.807) is 0 Å². The summed E-state index contributed by atoms with van der Waals surface area (Å²) >= 11 is 0. The number of esters is 1. The fourth-order valence-corrected chi connectivity index (χ4v) is 10.8. The van der Waals surface area contributed by atoms with Crippen LogP contribution in [0.1, 0.15) is 380 Å². The third-order valence-corrected chi connectivity index (χ3v) is 16.0. The van der Waals surface area contributed by atoms with Crippen molar-refractivity contribution < 1.29 is 24.5 Å². The van der Waals surface area contributed by atoms with Gasteiger partial charge in [-0.3, -0.25) is 9.59 Å². The minimum Gasteiger partial charge on any atom is -0.466 e. The molecule has 0 aromatic rings. The summed E-state index contributed by atoms with van der Waals surface area (Å²) in [6.45, 7) is 4.96. The van der Waals surface area contributed by atoms with Crippen LogP contribution in [0, 0.1) is 0 Å². The molecule has 0 aliphatic heterocycles. The molecule has 0 fully saturated rings. The van der Waals surface area contributed by atoms with Crippen molar-refractivity contribution >= 4 is 11.9 Å².